The molecule has 2 heteroatoms. The first-order valence-corrected chi connectivity index (χ1v) is 6.42. The summed E-state index contributed by atoms with van der Waals surface area (Å²) in [4.78, 5) is 20.3. The molecule has 0 bridgehead atoms. The topological polar surface area (TPSA) is 34.1 Å². The summed E-state index contributed by atoms with van der Waals surface area (Å²) in [7, 11) is 0. The molecule has 0 spiro atoms. The number of carbonyl (C=O) groups excluding carboxylic acids is 2. The molecule has 1 saturated carbocycles. The lowest BCUT2D eigenvalue weighted by Gasteiger charge is -2.14. The van der Waals surface area contributed by atoms with Crippen molar-refractivity contribution in [3.8, 4) is 0 Å². The van der Waals surface area contributed by atoms with E-state index < -0.39 is 0 Å². The highest BCUT2D eigenvalue weighted by atomic mass is 16.1. The van der Waals surface area contributed by atoms with Gasteiger partial charge in [-0.3, -0.25) is 0 Å². The lowest BCUT2D eigenvalue weighted by Crippen LogP contribution is -2.06. The van der Waals surface area contributed by atoms with E-state index in [0.717, 1.165) is 44.7 Å². The SMILES string of the molecule is O=CC1CC=CCC1.O=CC1CCCCC1. The van der Waals surface area contributed by atoms with Crippen molar-refractivity contribution >= 4 is 12.6 Å². The van der Waals surface area contributed by atoms with Crippen molar-refractivity contribution in [1.82, 2.24) is 0 Å². The molecule has 0 aromatic rings. The van der Waals surface area contributed by atoms with Crippen molar-refractivity contribution < 1.29 is 9.59 Å². The van der Waals surface area contributed by atoms with Crippen molar-refractivity contribution in [1.29, 1.82) is 0 Å². The van der Waals surface area contributed by atoms with Crippen molar-refractivity contribution in [2.24, 2.45) is 11.8 Å². The van der Waals surface area contributed by atoms with Gasteiger partial charge in [-0.25, -0.2) is 0 Å². The first-order valence-electron chi connectivity index (χ1n) is 6.42. The number of carbonyl (C=O) groups is 2. The van der Waals surface area contributed by atoms with Crippen LogP contribution in [0.1, 0.15) is 51.4 Å². The zero-order valence-corrected chi connectivity index (χ0v) is 9.94. The van der Waals surface area contributed by atoms with Gasteiger partial charge >= 0.3 is 0 Å². The molecule has 1 fully saturated rings. The Labute approximate surface area is 98.1 Å². The molecule has 2 aliphatic carbocycles. The van der Waals surface area contributed by atoms with Gasteiger partial charge < -0.3 is 9.59 Å². The average Bonchev–Trinajstić information content (AvgIpc) is 2.41. The van der Waals surface area contributed by atoms with Crippen LogP contribution in [0.5, 0.6) is 0 Å². The van der Waals surface area contributed by atoms with Crippen molar-refractivity contribution in [2.75, 3.05) is 0 Å². The molecule has 2 rings (SSSR count). The third-order valence-electron chi connectivity index (χ3n) is 3.34. The molecule has 0 saturated heterocycles. The summed E-state index contributed by atoms with van der Waals surface area (Å²) in [5.41, 5.74) is 0. The molecule has 0 heterocycles. The van der Waals surface area contributed by atoms with Gasteiger partial charge in [0.2, 0.25) is 0 Å². The predicted octanol–water partition coefficient (Wildman–Crippen LogP) is 3.31. The molecule has 0 N–H and O–H groups in total. The third-order valence-corrected chi connectivity index (χ3v) is 3.34. The molecular weight excluding hydrogens is 200 g/mol. The molecule has 16 heavy (non-hydrogen) atoms. The van der Waals surface area contributed by atoms with Gasteiger partial charge in [0.25, 0.3) is 0 Å². The number of aldehydes is 2. The first kappa shape index (κ1) is 13.1. The highest BCUT2D eigenvalue weighted by Gasteiger charge is 2.10. The van der Waals surface area contributed by atoms with Gasteiger partial charge in [0.1, 0.15) is 12.6 Å². The maximum absolute atomic E-state index is 10.2. The van der Waals surface area contributed by atoms with E-state index in [1.54, 1.807) is 0 Å². The van der Waals surface area contributed by atoms with Gasteiger partial charge in [-0.1, -0.05) is 31.4 Å². The molecule has 0 aromatic heterocycles. The molecular formula is C14H22O2. The zero-order chi connectivity index (χ0) is 11.6. The summed E-state index contributed by atoms with van der Waals surface area (Å²) >= 11 is 0. The van der Waals surface area contributed by atoms with Crippen LogP contribution in [-0.2, 0) is 9.59 Å². The zero-order valence-electron chi connectivity index (χ0n) is 9.94. The van der Waals surface area contributed by atoms with E-state index in [0.29, 0.717) is 11.8 Å². The monoisotopic (exact) mass is 222 g/mol. The quantitative estimate of drug-likeness (QED) is 0.530. The maximum Gasteiger partial charge on any atom is 0.123 e. The van der Waals surface area contributed by atoms with Crippen LogP contribution in [0.4, 0.5) is 0 Å². The third kappa shape index (κ3) is 5.24. The van der Waals surface area contributed by atoms with Crippen LogP contribution in [0.2, 0.25) is 0 Å². The van der Waals surface area contributed by atoms with Gasteiger partial charge in [0.15, 0.2) is 0 Å². The summed E-state index contributed by atoms with van der Waals surface area (Å²) in [6, 6.07) is 0. The molecule has 0 radical (unpaired) electrons. The highest BCUT2D eigenvalue weighted by Crippen LogP contribution is 2.21. The molecule has 0 amide bonds. The molecule has 2 nitrogen and oxygen atoms in total. The minimum absolute atomic E-state index is 0.319. The van der Waals surface area contributed by atoms with E-state index in [1.165, 1.54) is 19.3 Å². The Morgan fingerprint density at radius 2 is 1.50 bits per heavy atom. The summed E-state index contributed by atoms with van der Waals surface area (Å²) in [5.74, 6) is 0.726. The molecule has 1 unspecified atom stereocenters. The van der Waals surface area contributed by atoms with Gasteiger partial charge in [0.05, 0.1) is 0 Å². The fourth-order valence-electron chi connectivity index (χ4n) is 2.21. The number of hydrogen-bond acceptors (Lipinski definition) is 2. The van der Waals surface area contributed by atoms with Crippen LogP contribution in [0.15, 0.2) is 12.2 Å². The van der Waals surface area contributed by atoms with Crippen LogP contribution in [0, 0.1) is 11.8 Å². The molecule has 0 aliphatic heterocycles. The van der Waals surface area contributed by atoms with E-state index in [-0.39, 0.29) is 0 Å². The van der Waals surface area contributed by atoms with Crippen LogP contribution in [-0.4, -0.2) is 12.6 Å². The fraction of sp³-hybridized carbons (Fsp3) is 0.714. The van der Waals surface area contributed by atoms with Gasteiger partial charge in [0, 0.05) is 11.8 Å². The lowest BCUT2D eigenvalue weighted by atomic mass is 9.91. The standard InChI is InChI=1S/C7H12O.C7H10O/c2*8-6-7-4-2-1-3-5-7/h6-7H,1-5H2;1-2,6-7H,3-5H2. The van der Waals surface area contributed by atoms with E-state index in [4.69, 9.17) is 0 Å². The summed E-state index contributed by atoms with van der Waals surface area (Å²) in [6.07, 6.45) is 15.7. The van der Waals surface area contributed by atoms with Crippen molar-refractivity contribution in [2.45, 2.75) is 51.4 Å². The first-order chi connectivity index (χ1) is 7.86. The summed E-state index contributed by atoms with van der Waals surface area (Å²) in [5, 5.41) is 0. The van der Waals surface area contributed by atoms with E-state index >= 15 is 0 Å². The fourth-order valence-corrected chi connectivity index (χ4v) is 2.21. The van der Waals surface area contributed by atoms with Crippen LogP contribution < -0.4 is 0 Å². The van der Waals surface area contributed by atoms with E-state index in [2.05, 4.69) is 12.2 Å². The summed E-state index contributed by atoms with van der Waals surface area (Å²) in [6.45, 7) is 0. The second-order valence-electron chi connectivity index (χ2n) is 4.71. The molecule has 1 atom stereocenters. The molecule has 0 aromatic carbocycles. The van der Waals surface area contributed by atoms with Gasteiger partial charge in [-0.2, -0.15) is 0 Å². The minimum Gasteiger partial charge on any atom is -0.303 e. The Hall–Kier alpha value is -0.920. The second kappa shape index (κ2) is 8.26. The Bertz CT molecular complexity index is 227. The van der Waals surface area contributed by atoms with Crippen LogP contribution >= 0.6 is 0 Å². The van der Waals surface area contributed by atoms with Gasteiger partial charge in [-0.15, -0.1) is 0 Å². The Morgan fingerprint density at radius 3 is 1.88 bits per heavy atom. The van der Waals surface area contributed by atoms with Crippen LogP contribution in [0.3, 0.4) is 0 Å². The number of allylic oxidation sites excluding steroid dienone is 2. The Kier molecular flexibility index (Phi) is 6.78. The predicted molar refractivity (Wildman–Crippen MR) is 65.2 cm³/mol. The van der Waals surface area contributed by atoms with Crippen molar-refractivity contribution in [3.63, 3.8) is 0 Å². The minimum atomic E-state index is 0.319. The number of hydrogen-bond donors (Lipinski definition) is 0. The smallest absolute Gasteiger partial charge is 0.123 e. The second-order valence-corrected chi connectivity index (χ2v) is 4.71. The van der Waals surface area contributed by atoms with Crippen LogP contribution in [0.25, 0.3) is 0 Å². The normalized spacial score (nSPS) is 25.4. The number of rotatable bonds is 2. The Balaban J connectivity index is 0.000000160. The maximum atomic E-state index is 10.2. The molecule has 90 valence electrons. The largest absolute Gasteiger partial charge is 0.303 e. The molecule has 2 aliphatic rings. The highest BCUT2D eigenvalue weighted by molar-refractivity contribution is 5.54. The van der Waals surface area contributed by atoms with E-state index in [9.17, 15) is 9.59 Å². The van der Waals surface area contributed by atoms with E-state index in [1.807, 2.05) is 0 Å². The summed E-state index contributed by atoms with van der Waals surface area (Å²) < 4.78 is 0. The average molecular weight is 222 g/mol. The van der Waals surface area contributed by atoms with Gasteiger partial charge in [-0.05, 0) is 32.1 Å². The van der Waals surface area contributed by atoms with Crippen molar-refractivity contribution in [3.05, 3.63) is 12.2 Å². The lowest BCUT2D eigenvalue weighted by molar-refractivity contribution is -0.112. The Morgan fingerprint density at radius 1 is 0.812 bits per heavy atom.